The zero-order chi connectivity index (χ0) is 17.0. The highest BCUT2D eigenvalue weighted by atomic mass is 79.9. The van der Waals surface area contributed by atoms with E-state index < -0.39 is 17.2 Å². The number of amides is 1. The highest BCUT2D eigenvalue weighted by Gasteiger charge is 2.09. The van der Waals surface area contributed by atoms with Gasteiger partial charge in [-0.3, -0.25) is 14.6 Å². The molecule has 0 aliphatic heterocycles. The van der Waals surface area contributed by atoms with E-state index >= 15 is 0 Å². The number of rotatable bonds is 4. The number of nitrogens with one attached hydrogen (secondary N) is 3. The van der Waals surface area contributed by atoms with Crippen molar-refractivity contribution in [1.82, 2.24) is 20.6 Å². The van der Waals surface area contributed by atoms with Crippen LogP contribution in [0.25, 0.3) is 0 Å². The molecule has 0 bridgehead atoms. The van der Waals surface area contributed by atoms with E-state index in [9.17, 15) is 19.5 Å². The molecule has 1 aromatic heterocycles. The van der Waals surface area contributed by atoms with Gasteiger partial charge in [-0.1, -0.05) is 0 Å². The standard InChI is InChI=1S/C12H9Br2N5O4/c13-6-1-5(2-7(14)10(6)21)4-15-18-9(20)3-8-11(22)16-12(23)19-17-8/h1-2,4,21H,3H2,(H,18,20)(H2,16,19,22,23)/b15-4+. The lowest BCUT2D eigenvalue weighted by molar-refractivity contribution is -0.120. The number of hydrazone groups is 1. The second kappa shape index (κ2) is 7.33. The summed E-state index contributed by atoms with van der Waals surface area (Å²) in [5.74, 6) is -0.530. The van der Waals surface area contributed by atoms with Crippen molar-refractivity contribution in [2.75, 3.05) is 0 Å². The van der Waals surface area contributed by atoms with E-state index in [1.165, 1.54) is 6.21 Å². The lowest BCUT2D eigenvalue weighted by Crippen LogP contribution is -2.31. The predicted molar refractivity (Wildman–Crippen MR) is 88.4 cm³/mol. The molecule has 23 heavy (non-hydrogen) atoms. The topological polar surface area (TPSA) is 140 Å². The maximum absolute atomic E-state index is 11.7. The molecule has 0 unspecified atom stereocenters. The SMILES string of the molecule is O=C(Cc1n[nH]c(=O)[nH]c1=O)N/N=C/c1cc(Br)c(O)c(Br)c1. The highest BCUT2D eigenvalue weighted by molar-refractivity contribution is 9.11. The molecular formula is C12H9Br2N5O4. The molecule has 0 atom stereocenters. The summed E-state index contributed by atoms with van der Waals surface area (Å²) in [4.78, 5) is 35.8. The van der Waals surface area contributed by atoms with Crippen LogP contribution >= 0.6 is 31.9 Å². The third-order valence-electron chi connectivity index (χ3n) is 2.55. The van der Waals surface area contributed by atoms with Gasteiger partial charge in [0.05, 0.1) is 21.6 Å². The quantitative estimate of drug-likeness (QED) is 0.397. The van der Waals surface area contributed by atoms with Crippen molar-refractivity contribution in [2.24, 2.45) is 5.10 Å². The Hall–Kier alpha value is -2.27. The Morgan fingerprint density at radius 3 is 2.61 bits per heavy atom. The monoisotopic (exact) mass is 445 g/mol. The molecule has 0 fully saturated rings. The van der Waals surface area contributed by atoms with Crippen LogP contribution in [0.5, 0.6) is 5.75 Å². The number of carbonyl (C=O) groups excluding carboxylic acids is 1. The number of carbonyl (C=O) groups is 1. The molecule has 0 aliphatic rings. The number of benzene rings is 1. The van der Waals surface area contributed by atoms with E-state index in [2.05, 4.69) is 47.5 Å². The molecule has 0 saturated carbocycles. The first-order valence-electron chi connectivity index (χ1n) is 6.04. The summed E-state index contributed by atoms with van der Waals surface area (Å²) in [5.41, 5.74) is 1.22. The molecule has 0 spiro atoms. The lowest BCUT2D eigenvalue weighted by atomic mass is 10.2. The maximum atomic E-state index is 11.7. The van der Waals surface area contributed by atoms with Crippen LogP contribution in [0, 0.1) is 0 Å². The molecule has 1 amide bonds. The van der Waals surface area contributed by atoms with Gasteiger partial charge in [0.2, 0.25) is 5.91 Å². The number of hydrogen-bond acceptors (Lipinski definition) is 6. The summed E-state index contributed by atoms with van der Waals surface area (Å²) in [6.07, 6.45) is 1.02. The number of hydrogen-bond donors (Lipinski definition) is 4. The number of halogens is 2. The van der Waals surface area contributed by atoms with E-state index in [1.54, 1.807) is 12.1 Å². The van der Waals surface area contributed by atoms with Crippen molar-refractivity contribution in [3.05, 3.63) is 53.2 Å². The van der Waals surface area contributed by atoms with Crippen LogP contribution in [0.15, 0.2) is 35.8 Å². The van der Waals surface area contributed by atoms with Gasteiger partial charge in [0.15, 0.2) is 0 Å². The highest BCUT2D eigenvalue weighted by Crippen LogP contribution is 2.32. The Labute approximate surface area is 145 Å². The van der Waals surface area contributed by atoms with Crippen molar-refractivity contribution in [3.63, 3.8) is 0 Å². The van der Waals surface area contributed by atoms with Crippen molar-refractivity contribution < 1.29 is 9.90 Å². The average molecular weight is 447 g/mol. The number of aromatic nitrogens is 3. The molecule has 0 aliphatic carbocycles. The molecule has 9 nitrogen and oxygen atoms in total. The van der Waals surface area contributed by atoms with Gasteiger partial charge in [0.25, 0.3) is 5.56 Å². The molecule has 0 saturated heterocycles. The molecule has 4 N–H and O–H groups in total. The predicted octanol–water partition coefficient (Wildman–Crippen LogP) is 0.382. The third-order valence-corrected chi connectivity index (χ3v) is 3.76. The van der Waals surface area contributed by atoms with E-state index in [1.807, 2.05) is 10.1 Å². The summed E-state index contributed by atoms with van der Waals surface area (Å²) < 4.78 is 0.923. The number of aromatic hydroxyl groups is 1. The summed E-state index contributed by atoms with van der Waals surface area (Å²) in [5, 5.41) is 18.8. The Bertz CT molecular complexity index is 867. The minimum Gasteiger partial charge on any atom is -0.506 e. The number of phenols is 1. The van der Waals surface area contributed by atoms with Gasteiger partial charge in [-0.15, -0.1) is 0 Å². The summed E-state index contributed by atoms with van der Waals surface area (Å²) in [7, 11) is 0. The third kappa shape index (κ3) is 4.60. The number of nitrogens with zero attached hydrogens (tertiary/aromatic N) is 2. The van der Waals surface area contributed by atoms with Crippen LogP contribution in [-0.4, -0.2) is 32.4 Å². The smallest absolute Gasteiger partial charge is 0.342 e. The Balaban J connectivity index is 2.01. The number of aromatic amines is 2. The van der Waals surface area contributed by atoms with Crippen molar-refractivity contribution in [3.8, 4) is 5.75 Å². The van der Waals surface area contributed by atoms with Crippen molar-refractivity contribution in [2.45, 2.75) is 6.42 Å². The second-order valence-corrected chi connectivity index (χ2v) is 5.97. The normalized spacial score (nSPS) is 10.9. The minimum atomic E-state index is -0.749. The zero-order valence-corrected chi connectivity index (χ0v) is 14.4. The molecule has 1 heterocycles. The largest absolute Gasteiger partial charge is 0.506 e. The summed E-state index contributed by atoms with van der Waals surface area (Å²) in [6.45, 7) is 0. The molecule has 2 rings (SSSR count). The maximum Gasteiger partial charge on any atom is 0.342 e. The molecule has 11 heteroatoms. The van der Waals surface area contributed by atoms with E-state index in [0.717, 1.165) is 0 Å². The van der Waals surface area contributed by atoms with Gasteiger partial charge in [-0.25, -0.2) is 15.3 Å². The van der Waals surface area contributed by atoms with Crippen LogP contribution in [-0.2, 0) is 11.2 Å². The van der Waals surface area contributed by atoms with Gasteiger partial charge >= 0.3 is 5.69 Å². The fourth-order valence-electron chi connectivity index (χ4n) is 1.52. The zero-order valence-electron chi connectivity index (χ0n) is 11.3. The van der Waals surface area contributed by atoms with Gasteiger partial charge < -0.3 is 5.11 Å². The minimum absolute atomic E-state index is 0.0505. The molecule has 2 aromatic rings. The second-order valence-electron chi connectivity index (χ2n) is 4.26. The Morgan fingerprint density at radius 1 is 1.35 bits per heavy atom. The lowest BCUT2D eigenvalue weighted by Gasteiger charge is -2.02. The number of phenolic OH excluding ortho intramolecular Hbond substituents is 1. The molecule has 120 valence electrons. The van der Waals surface area contributed by atoms with E-state index in [-0.39, 0.29) is 17.9 Å². The van der Waals surface area contributed by atoms with Crippen LogP contribution in [0.1, 0.15) is 11.3 Å². The van der Waals surface area contributed by atoms with Gasteiger partial charge in [0.1, 0.15) is 11.4 Å². The van der Waals surface area contributed by atoms with E-state index in [4.69, 9.17) is 0 Å². The first kappa shape index (κ1) is 17.1. The van der Waals surface area contributed by atoms with Gasteiger partial charge in [0, 0.05) is 0 Å². The van der Waals surface area contributed by atoms with Crippen LogP contribution in [0.4, 0.5) is 0 Å². The first-order valence-corrected chi connectivity index (χ1v) is 7.63. The molecule has 1 aromatic carbocycles. The van der Waals surface area contributed by atoms with Crippen molar-refractivity contribution in [1.29, 1.82) is 0 Å². The van der Waals surface area contributed by atoms with Gasteiger partial charge in [-0.2, -0.15) is 10.2 Å². The average Bonchev–Trinajstić information content (AvgIpc) is 2.47. The van der Waals surface area contributed by atoms with Crippen LogP contribution in [0.2, 0.25) is 0 Å². The summed E-state index contributed by atoms with van der Waals surface area (Å²) >= 11 is 6.34. The Kier molecular flexibility index (Phi) is 5.45. The fraction of sp³-hybridized carbons (Fsp3) is 0.0833. The fourth-order valence-corrected chi connectivity index (χ4v) is 2.74. The first-order chi connectivity index (χ1) is 10.9. The Morgan fingerprint density at radius 2 is 2.00 bits per heavy atom. The number of H-pyrrole nitrogens is 2. The van der Waals surface area contributed by atoms with Gasteiger partial charge in [-0.05, 0) is 49.6 Å². The molecular weight excluding hydrogens is 438 g/mol. The van der Waals surface area contributed by atoms with Crippen molar-refractivity contribution >= 4 is 44.0 Å². The summed E-state index contributed by atoms with van der Waals surface area (Å²) in [6, 6.07) is 3.20. The molecule has 0 radical (unpaired) electrons. The van der Waals surface area contributed by atoms with Crippen LogP contribution in [0.3, 0.4) is 0 Å². The van der Waals surface area contributed by atoms with Crippen LogP contribution < -0.4 is 16.7 Å². The van der Waals surface area contributed by atoms with E-state index in [0.29, 0.717) is 14.5 Å².